The Morgan fingerprint density at radius 1 is 1.23 bits per heavy atom. The summed E-state index contributed by atoms with van der Waals surface area (Å²) in [5.41, 5.74) is 2.31. The Labute approximate surface area is 152 Å². The van der Waals surface area contributed by atoms with E-state index in [9.17, 15) is 14.4 Å². The van der Waals surface area contributed by atoms with Gasteiger partial charge in [0.05, 0.1) is 30.1 Å². The summed E-state index contributed by atoms with van der Waals surface area (Å²) in [7, 11) is 0. The third kappa shape index (κ3) is 3.69. The molecule has 0 aliphatic heterocycles. The van der Waals surface area contributed by atoms with Crippen LogP contribution in [0.15, 0.2) is 35.1 Å². The van der Waals surface area contributed by atoms with E-state index in [1.54, 1.807) is 35.8 Å². The highest BCUT2D eigenvalue weighted by molar-refractivity contribution is 5.89. The molecule has 6 heteroatoms. The van der Waals surface area contributed by atoms with Crippen LogP contribution in [0, 0.1) is 0 Å². The number of imidazole rings is 1. The van der Waals surface area contributed by atoms with Gasteiger partial charge in [0, 0.05) is 5.69 Å². The van der Waals surface area contributed by atoms with Crippen LogP contribution in [-0.4, -0.2) is 28.0 Å². The minimum Gasteiger partial charge on any atom is -0.462 e. The SMILES string of the molecule is C/C=C\c1c(C(C)C)n(CC=O)c(=O)n1-c1ccc(C(=O)OCC)cc1. The second kappa shape index (κ2) is 8.47. The number of rotatable bonds is 7. The van der Waals surface area contributed by atoms with Crippen LogP contribution in [-0.2, 0) is 16.1 Å². The van der Waals surface area contributed by atoms with E-state index in [0.717, 1.165) is 17.7 Å². The van der Waals surface area contributed by atoms with Gasteiger partial charge in [0.1, 0.15) is 6.29 Å². The molecule has 0 saturated heterocycles. The molecular weight excluding hydrogens is 332 g/mol. The molecule has 0 saturated carbocycles. The number of allylic oxidation sites excluding steroid dienone is 1. The average Bonchev–Trinajstić information content (AvgIpc) is 2.88. The second-order valence-corrected chi connectivity index (χ2v) is 6.09. The molecule has 1 heterocycles. The molecule has 6 nitrogen and oxygen atoms in total. The minimum absolute atomic E-state index is 0.00477. The predicted octanol–water partition coefficient (Wildman–Crippen LogP) is 3.17. The molecule has 1 aromatic carbocycles. The summed E-state index contributed by atoms with van der Waals surface area (Å²) < 4.78 is 8.04. The van der Waals surface area contributed by atoms with Crippen LogP contribution in [0.1, 0.15) is 55.4 Å². The summed E-state index contributed by atoms with van der Waals surface area (Å²) in [5.74, 6) is -0.338. The van der Waals surface area contributed by atoms with Crippen molar-refractivity contribution in [2.24, 2.45) is 0 Å². The number of carbonyl (C=O) groups is 2. The zero-order valence-electron chi connectivity index (χ0n) is 15.6. The van der Waals surface area contributed by atoms with Crippen molar-refractivity contribution >= 4 is 18.3 Å². The molecule has 1 aromatic heterocycles. The van der Waals surface area contributed by atoms with E-state index < -0.39 is 5.97 Å². The maximum atomic E-state index is 12.9. The van der Waals surface area contributed by atoms with Gasteiger partial charge in [-0.2, -0.15) is 0 Å². The van der Waals surface area contributed by atoms with Crippen molar-refractivity contribution < 1.29 is 14.3 Å². The van der Waals surface area contributed by atoms with E-state index in [0.29, 0.717) is 17.9 Å². The number of hydrogen-bond donors (Lipinski definition) is 0. The van der Waals surface area contributed by atoms with Gasteiger partial charge in [-0.25, -0.2) is 9.59 Å². The molecule has 0 spiro atoms. The molecule has 138 valence electrons. The van der Waals surface area contributed by atoms with Gasteiger partial charge in [0.2, 0.25) is 0 Å². The van der Waals surface area contributed by atoms with E-state index in [2.05, 4.69) is 0 Å². The van der Waals surface area contributed by atoms with Gasteiger partial charge in [-0.05, 0) is 50.1 Å². The van der Waals surface area contributed by atoms with E-state index in [1.165, 1.54) is 4.57 Å². The van der Waals surface area contributed by atoms with E-state index >= 15 is 0 Å². The zero-order chi connectivity index (χ0) is 19.3. The lowest BCUT2D eigenvalue weighted by Gasteiger charge is -2.10. The standard InChI is InChI=1S/C20H24N2O4/c1-5-7-17-18(14(3)4)21(12-13-23)20(25)22(17)16-10-8-15(9-11-16)19(24)26-6-2/h5,7-11,13-14H,6,12H2,1-4H3/b7-5-. The van der Waals surface area contributed by atoms with Gasteiger partial charge in [-0.1, -0.05) is 19.9 Å². The fourth-order valence-electron chi connectivity index (χ4n) is 2.97. The summed E-state index contributed by atoms with van der Waals surface area (Å²) in [6.45, 7) is 7.90. The number of aromatic nitrogens is 2. The van der Waals surface area contributed by atoms with Crippen LogP contribution in [0.3, 0.4) is 0 Å². The average molecular weight is 356 g/mol. The van der Waals surface area contributed by atoms with Crippen molar-refractivity contribution in [3.63, 3.8) is 0 Å². The molecule has 0 N–H and O–H groups in total. The molecule has 0 bridgehead atoms. The minimum atomic E-state index is -0.401. The fourth-order valence-corrected chi connectivity index (χ4v) is 2.97. The zero-order valence-corrected chi connectivity index (χ0v) is 15.6. The summed E-state index contributed by atoms with van der Waals surface area (Å²) in [4.78, 5) is 35.8. The monoisotopic (exact) mass is 356 g/mol. The molecule has 0 radical (unpaired) electrons. The number of esters is 1. The molecule has 0 aliphatic rings. The van der Waals surface area contributed by atoms with E-state index in [-0.39, 0.29) is 18.2 Å². The molecule has 0 unspecified atom stereocenters. The fraction of sp³-hybridized carbons (Fsp3) is 0.350. The highest BCUT2D eigenvalue weighted by Gasteiger charge is 2.21. The van der Waals surface area contributed by atoms with E-state index in [1.807, 2.05) is 32.9 Å². The smallest absolute Gasteiger partial charge is 0.338 e. The summed E-state index contributed by atoms with van der Waals surface area (Å²) in [5, 5.41) is 0. The number of aldehydes is 1. The maximum Gasteiger partial charge on any atom is 0.338 e. The Bertz CT molecular complexity index is 870. The molecule has 0 amide bonds. The Balaban J connectivity index is 2.65. The number of carbonyl (C=O) groups excluding carboxylic acids is 2. The van der Waals surface area contributed by atoms with Crippen molar-refractivity contribution in [1.29, 1.82) is 0 Å². The topological polar surface area (TPSA) is 70.3 Å². The number of benzene rings is 1. The Hall–Kier alpha value is -2.89. The van der Waals surface area contributed by atoms with Crippen LogP contribution in [0.4, 0.5) is 0 Å². The highest BCUT2D eigenvalue weighted by Crippen LogP contribution is 2.23. The van der Waals surface area contributed by atoms with Gasteiger partial charge >= 0.3 is 11.7 Å². The third-order valence-corrected chi connectivity index (χ3v) is 3.98. The Kier molecular flexibility index (Phi) is 6.33. The predicted molar refractivity (Wildman–Crippen MR) is 101 cm³/mol. The first-order valence-corrected chi connectivity index (χ1v) is 8.65. The van der Waals surface area contributed by atoms with Gasteiger partial charge < -0.3 is 9.53 Å². The van der Waals surface area contributed by atoms with Crippen LogP contribution < -0.4 is 5.69 Å². The van der Waals surface area contributed by atoms with Crippen LogP contribution >= 0.6 is 0 Å². The van der Waals surface area contributed by atoms with Crippen molar-refractivity contribution in [2.75, 3.05) is 6.61 Å². The largest absolute Gasteiger partial charge is 0.462 e. The number of ether oxygens (including phenoxy) is 1. The third-order valence-electron chi connectivity index (χ3n) is 3.98. The Morgan fingerprint density at radius 2 is 1.88 bits per heavy atom. The quantitative estimate of drug-likeness (QED) is 0.564. The summed E-state index contributed by atoms with van der Waals surface area (Å²) >= 11 is 0. The van der Waals surface area contributed by atoms with Gasteiger partial charge in [-0.3, -0.25) is 9.13 Å². The lowest BCUT2D eigenvalue weighted by Crippen LogP contribution is -2.25. The lowest BCUT2D eigenvalue weighted by molar-refractivity contribution is -0.108. The molecule has 0 atom stereocenters. The van der Waals surface area contributed by atoms with Crippen molar-refractivity contribution in [3.8, 4) is 5.69 Å². The van der Waals surface area contributed by atoms with E-state index in [4.69, 9.17) is 4.74 Å². The van der Waals surface area contributed by atoms with Gasteiger partial charge in [-0.15, -0.1) is 0 Å². The van der Waals surface area contributed by atoms with Crippen LogP contribution in [0.2, 0.25) is 0 Å². The van der Waals surface area contributed by atoms with Gasteiger partial charge in [0.25, 0.3) is 0 Å². The lowest BCUT2D eigenvalue weighted by atomic mass is 10.1. The summed E-state index contributed by atoms with van der Waals surface area (Å²) in [6.07, 6.45) is 4.44. The first-order chi connectivity index (χ1) is 12.5. The first-order valence-electron chi connectivity index (χ1n) is 8.65. The van der Waals surface area contributed by atoms with Crippen molar-refractivity contribution in [2.45, 2.75) is 40.2 Å². The number of hydrogen-bond acceptors (Lipinski definition) is 4. The number of nitrogens with zero attached hydrogens (tertiary/aromatic N) is 2. The molecule has 0 aliphatic carbocycles. The maximum absolute atomic E-state index is 12.9. The van der Waals surface area contributed by atoms with Crippen LogP contribution in [0.25, 0.3) is 11.8 Å². The Morgan fingerprint density at radius 3 is 2.38 bits per heavy atom. The highest BCUT2D eigenvalue weighted by atomic mass is 16.5. The molecule has 2 aromatic rings. The van der Waals surface area contributed by atoms with Crippen molar-refractivity contribution in [1.82, 2.24) is 9.13 Å². The van der Waals surface area contributed by atoms with Gasteiger partial charge in [0.15, 0.2) is 0 Å². The summed E-state index contributed by atoms with van der Waals surface area (Å²) in [6, 6.07) is 6.67. The molecular formula is C20H24N2O4. The molecule has 0 fully saturated rings. The van der Waals surface area contributed by atoms with Crippen molar-refractivity contribution in [3.05, 3.63) is 57.8 Å². The first kappa shape index (κ1) is 19.4. The molecule has 26 heavy (non-hydrogen) atoms. The normalized spacial score (nSPS) is 11.3. The molecule has 2 rings (SSSR count). The second-order valence-electron chi connectivity index (χ2n) is 6.09. The van der Waals surface area contributed by atoms with Crippen LogP contribution in [0.5, 0.6) is 0 Å².